The van der Waals surface area contributed by atoms with E-state index in [0.717, 1.165) is 11.1 Å². The van der Waals surface area contributed by atoms with Gasteiger partial charge in [0.25, 0.3) is 0 Å². The van der Waals surface area contributed by atoms with Gasteiger partial charge in [-0.05, 0) is 30.0 Å². The second-order valence-corrected chi connectivity index (χ2v) is 5.59. The van der Waals surface area contributed by atoms with Crippen LogP contribution in [0.5, 0.6) is 5.75 Å². The van der Waals surface area contributed by atoms with Crippen molar-refractivity contribution in [2.24, 2.45) is 5.92 Å². The minimum Gasteiger partial charge on any atom is -0.508 e. The summed E-state index contributed by atoms with van der Waals surface area (Å²) in [4.78, 5) is 24.2. The molecule has 21 heavy (non-hydrogen) atoms. The van der Waals surface area contributed by atoms with E-state index in [4.69, 9.17) is 5.11 Å². The van der Waals surface area contributed by atoms with Crippen LogP contribution in [-0.4, -0.2) is 46.7 Å². The lowest BCUT2D eigenvalue weighted by atomic mass is 10.1. The zero-order valence-electron chi connectivity index (χ0n) is 12.2. The lowest BCUT2D eigenvalue weighted by Crippen LogP contribution is -2.45. The molecule has 0 spiro atoms. The van der Waals surface area contributed by atoms with Crippen LogP contribution in [0.1, 0.15) is 18.1 Å². The van der Waals surface area contributed by atoms with Crippen molar-refractivity contribution in [1.29, 1.82) is 0 Å². The quantitative estimate of drug-likeness (QED) is 0.778. The molecule has 114 valence electrons. The fourth-order valence-corrected chi connectivity index (χ4v) is 2.59. The number of carboxylic acids is 1. The number of phenolic OH excluding ortho intramolecular Hbond substituents is 1. The van der Waals surface area contributed by atoms with Crippen molar-refractivity contribution in [1.82, 2.24) is 10.2 Å². The monoisotopic (exact) mass is 292 g/mol. The number of fused-ring (bicyclic) bond motifs is 1. The van der Waals surface area contributed by atoms with Crippen LogP contribution in [0.2, 0.25) is 0 Å². The highest BCUT2D eigenvalue weighted by molar-refractivity contribution is 5.76. The predicted octanol–water partition coefficient (Wildman–Crippen LogP) is 1.22. The smallest absolute Gasteiger partial charge is 0.317 e. The Bertz CT molecular complexity index is 559. The fourth-order valence-electron chi connectivity index (χ4n) is 2.59. The summed E-state index contributed by atoms with van der Waals surface area (Å²) in [6.45, 7) is 1.72. The van der Waals surface area contributed by atoms with Crippen LogP contribution in [-0.2, 0) is 17.6 Å². The second kappa shape index (κ2) is 6.03. The minimum absolute atomic E-state index is 0.0663. The van der Waals surface area contributed by atoms with Gasteiger partial charge in [0.2, 0.25) is 0 Å². The van der Waals surface area contributed by atoms with Gasteiger partial charge in [0, 0.05) is 19.6 Å². The number of benzene rings is 1. The van der Waals surface area contributed by atoms with Crippen molar-refractivity contribution in [2.75, 3.05) is 13.6 Å². The molecular weight excluding hydrogens is 272 g/mol. The Kier molecular flexibility index (Phi) is 4.35. The average molecular weight is 292 g/mol. The van der Waals surface area contributed by atoms with Crippen molar-refractivity contribution >= 4 is 12.0 Å². The van der Waals surface area contributed by atoms with Crippen molar-refractivity contribution in [3.63, 3.8) is 0 Å². The first-order valence-electron chi connectivity index (χ1n) is 6.92. The van der Waals surface area contributed by atoms with Gasteiger partial charge in [-0.2, -0.15) is 0 Å². The zero-order valence-corrected chi connectivity index (χ0v) is 12.2. The zero-order chi connectivity index (χ0) is 15.6. The van der Waals surface area contributed by atoms with Crippen molar-refractivity contribution < 1.29 is 19.8 Å². The topological polar surface area (TPSA) is 89.9 Å². The molecule has 0 saturated heterocycles. The molecule has 2 unspecified atom stereocenters. The Hall–Kier alpha value is -2.24. The Labute approximate surface area is 123 Å². The summed E-state index contributed by atoms with van der Waals surface area (Å²) < 4.78 is 0. The van der Waals surface area contributed by atoms with Gasteiger partial charge < -0.3 is 20.4 Å². The molecule has 2 atom stereocenters. The van der Waals surface area contributed by atoms with E-state index in [-0.39, 0.29) is 24.4 Å². The van der Waals surface area contributed by atoms with Gasteiger partial charge in [0.15, 0.2) is 0 Å². The highest BCUT2D eigenvalue weighted by Crippen LogP contribution is 2.29. The van der Waals surface area contributed by atoms with E-state index >= 15 is 0 Å². The molecule has 1 aliphatic carbocycles. The van der Waals surface area contributed by atoms with Crippen molar-refractivity contribution in [3.05, 3.63) is 29.3 Å². The second-order valence-electron chi connectivity index (χ2n) is 5.59. The van der Waals surface area contributed by atoms with Crippen molar-refractivity contribution in [3.8, 4) is 5.75 Å². The summed E-state index contributed by atoms with van der Waals surface area (Å²) >= 11 is 0. The average Bonchev–Trinajstić information content (AvgIpc) is 2.82. The lowest BCUT2D eigenvalue weighted by molar-refractivity contribution is -0.141. The fraction of sp³-hybridized carbons (Fsp3) is 0.467. The highest BCUT2D eigenvalue weighted by atomic mass is 16.4. The highest BCUT2D eigenvalue weighted by Gasteiger charge is 2.26. The molecule has 0 fully saturated rings. The van der Waals surface area contributed by atoms with E-state index in [1.54, 1.807) is 26.1 Å². The number of amides is 2. The molecule has 2 amide bonds. The maximum atomic E-state index is 12.1. The Morgan fingerprint density at radius 3 is 2.76 bits per heavy atom. The maximum absolute atomic E-state index is 12.1. The normalized spacial score (nSPS) is 17.9. The van der Waals surface area contributed by atoms with E-state index in [2.05, 4.69) is 5.32 Å². The number of nitrogens with one attached hydrogen (secondary N) is 1. The molecule has 0 heterocycles. The van der Waals surface area contributed by atoms with Crippen LogP contribution in [0.15, 0.2) is 18.2 Å². The molecule has 0 radical (unpaired) electrons. The van der Waals surface area contributed by atoms with Crippen LogP contribution in [0.4, 0.5) is 4.79 Å². The molecule has 1 aromatic rings. The Morgan fingerprint density at radius 1 is 1.43 bits per heavy atom. The molecule has 0 aromatic heterocycles. The third kappa shape index (κ3) is 3.45. The number of carbonyl (C=O) groups excluding carboxylic acids is 1. The molecular formula is C15H20N2O4. The lowest BCUT2D eigenvalue weighted by Gasteiger charge is -2.22. The number of hydrogen-bond donors (Lipinski definition) is 3. The number of carbonyl (C=O) groups is 2. The Morgan fingerprint density at radius 2 is 2.14 bits per heavy atom. The molecule has 3 N–H and O–H groups in total. The third-order valence-corrected chi connectivity index (χ3v) is 3.81. The standard InChI is InChI=1S/C15H20N2O4/c1-9(14(19)20)8-17(2)15(21)16-11-6-10-4-3-5-13(18)12(10)7-11/h3-5,9,11,18H,6-8H2,1-2H3,(H,16,21)(H,19,20). The molecule has 6 heteroatoms. The van der Waals surface area contributed by atoms with Gasteiger partial charge in [0.05, 0.1) is 5.92 Å². The number of aliphatic carboxylic acids is 1. The summed E-state index contributed by atoms with van der Waals surface area (Å²) in [5.41, 5.74) is 1.92. The van der Waals surface area contributed by atoms with Crippen LogP contribution >= 0.6 is 0 Å². The minimum atomic E-state index is -0.923. The van der Waals surface area contributed by atoms with Gasteiger partial charge in [0.1, 0.15) is 5.75 Å². The van der Waals surface area contributed by atoms with Crippen LogP contribution < -0.4 is 5.32 Å². The SMILES string of the molecule is CC(CN(C)C(=O)NC1Cc2cccc(O)c2C1)C(=O)O. The first-order chi connectivity index (χ1) is 9.88. The van der Waals surface area contributed by atoms with Gasteiger partial charge >= 0.3 is 12.0 Å². The molecule has 0 bridgehead atoms. The van der Waals surface area contributed by atoms with E-state index in [0.29, 0.717) is 12.8 Å². The molecule has 1 aromatic carbocycles. The number of nitrogens with zero attached hydrogens (tertiary/aromatic N) is 1. The Balaban J connectivity index is 1.91. The van der Waals surface area contributed by atoms with E-state index in [9.17, 15) is 14.7 Å². The summed E-state index contributed by atoms with van der Waals surface area (Å²) in [7, 11) is 1.58. The number of urea groups is 1. The number of hydrogen-bond acceptors (Lipinski definition) is 3. The predicted molar refractivity (Wildman–Crippen MR) is 77.3 cm³/mol. The van der Waals surface area contributed by atoms with Crippen molar-refractivity contribution in [2.45, 2.75) is 25.8 Å². The maximum Gasteiger partial charge on any atom is 0.317 e. The van der Waals surface area contributed by atoms with Gasteiger partial charge in [-0.3, -0.25) is 4.79 Å². The largest absolute Gasteiger partial charge is 0.508 e. The van der Waals surface area contributed by atoms with E-state index in [1.165, 1.54) is 4.90 Å². The van der Waals surface area contributed by atoms with Crippen LogP contribution in [0.25, 0.3) is 0 Å². The number of aromatic hydroxyl groups is 1. The molecule has 1 aliphatic rings. The van der Waals surface area contributed by atoms with Crippen LogP contribution in [0, 0.1) is 5.92 Å². The number of carboxylic acid groups (broad SMARTS) is 1. The third-order valence-electron chi connectivity index (χ3n) is 3.81. The first-order valence-corrected chi connectivity index (χ1v) is 6.92. The molecule has 2 rings (SSSR count). The van der Waals surface area contributed by atoms with Crippen LogP contribution in [0.3, 0.4) is 0 Å². The van der Waals surface area contributed by atoms with E-state index in [1.807, 2.05) is 6.07 Å². The number of phenols is 1. The first kappa shape index (κ1) is 15.2. The number of rotatable bonds is 4. The molecule has 0 aliphatic heterocycles. The summed E-state index contributed by atoms with van der Waals surface area (Å²) in [5.74, 6) is -1.27. The van der Waals surface area contributed by atoms with E-state index < -0.39 is 11.9 Å². The molecule has 0 saturated carbocycles. The summed E-state index contributed by atoms with van der Waals surface area (Å²) in [5, 5.41) is 21.5. The van der Waals surface area contributed by atoms with Gasteiger partial charge in [-0.25, -0.2) is 4.79 Å². The summed E-state index contributed by atoms with van der Waals surface area (Å²) in [6, 6.07) is 5.02. The van der Waals surface area contributed by atoms with Gasteiger partial charge in [-0.1, -0.05) is 19.1 Å². The molecule has 6 nitrogen and oxygen atoms in total. The summed E-state index contributed by atoms with van der Waals surface area (Å²) in [6.07, 6.45) is 1.27. The van der Waals surface area contributed by atoms with Gasteiger partial charge in [-0.15, -0.1) is 0 Å².